The van der Waals surface area contributed by atoms with Crippen LogP contribution < -0.4 is 0 Å². The number of alkyl halides is 1. The van der Waals surface area contributed by atoms with Crippen molar-refractivity contribution < 1.29 is 28.9 Å². The molecule has 160 valence electrons. The first kappa shape index (κ1) is 24.5. The van der Waals surface area contributed by atoms with E-state index >= 15 is 0 Å². The summed E-state index contributed by atoms with van der Waals surface area (Å²) in [6, 6.07) is 0. The van der Waals surface area contributed by atoms with Crippen molar-refractivity contribution >= 4 is 11.8 Å². The number of esters is 1. The molecule has 6 atom stereocenters. The molecule has 0 aromatic carbocycles. The Hall–Kier alpha value is -1.53. The van der Waals surface area contributed by atoms with E-state index in [4.69, 9.17) is 4.74 Å². The van der Waals surface area contributed by atoms with Gasteiger partial charge in [0.1, 0.15) is 6.10 Å². The Balaban J connectivity index is 3.10. The van der Waals surface area contributed by atoms with Gasteiger partial charge in [-0.05, 0) is 25.3 Å². The molecule has 0 fully saturated rings. The average molecular weight is 399 g/mol. The average Bonchev–Trinajstić information content (AvgIpc) is 2.66. The summed E-state index contributed by atoms with van der Waals surface area (Å²) in [5.74, 6) is -1.60. The first-order valence-corrected chi connectivity index (χ1v) is 10.2. The van der Waals surface area contributed by atoms with E-state index in [0.29, 0.717) is 19.3 Å². The quantitative estimate of drug-likeness (QED) is 0.711. The van der Waals surface area contributed by atoms with Gasteiger partial charge in [-0.25, -0.2) is 0 Å². The maximum absolute atomic E-state index is 12.8. The zero-order valence-corrected chi connectivity index (χ0v) is 17.4. The van der Waals surface area contributed by atoms with Crippen LogP contribution in [0, 0.1) is 17.8 Å². The molecule has 0 aromatic rings. The van der Waals surface area contributed by atoms with E-state index in [0.717, 1.165) is 5.57 Å². The predicted molar refractivity (Wildman–Crippen MR) is 106 cm³/mol. The number of carbonyl (C=O) groups is 2. The van der Waals surface area contributed by atoms with Crippen LogP contribution in [-0.4, -0.2) is 47.0 Å². The Morgan fingerprint density at radius 2 is 1.89 bits per heavy atom. The molecule has 0 aromatic heterocycles. The van der Waals surface area contributed by atoms with E-state index in [2.05, 4.69) is 0 Å². The van der Waals surface area contributed by atoms with Gasteiger partial charge < -0.3 is 14.9 Å². The molecule has 0 unspecified atom stereocenters. The predicted octanol–water partition coefficient (Wildman–Crippen LogP) is 3.53. The van der Waals surface area contributed by atoms with Crippen LogP contribution >= 0.6 is 0 Å². The van der Waals surface area contributed by atoms with Gasteiger partial charge in [0, 0.05) is 24.7 Å². The van der Waals surface area contributed by atoms with Crippen molar-refractivity contribution in [2.24, 2.45) is 17.8 Å². The van der Waals surface area contributed by atoms with Crippen molar-refractivity contribution in [3.05, 3.63) is 23.8 Å². The summed E-state index contributed by atoms with van der Waals surface area (Å²) in [5, 5.41) is 21.1. The SMILES string of the molecule is CC[C@H]1C[C@@H](C)C(=O)C=CC(C)=CC[C@@H](CCF)OC(=O)C[C@@H](O)[C@H](C)[C@H]1O. The van der Waals surface area contributed by atoms with Crippen LogP contribution in [0.15, 0.2) is 23.8 Å². The highest BCUT2D eigenvalue weighted by atomic mass is 19.1. The zero-order chi connectivity index (χ0) is 21.3. The summed E-state index contributed by atoms with van der Waals surface area (Å²) < 4.78 is 18.1. The highest BCUT2D eigenvalue weighted by Crippen LogP contribution is 2.27. The van der Waals surface area contributed by atoms with E-state index < -0.39 is 36.9 Å². The minimum atomic E-state index is -1.07. The summed E-state index contributed by atoms with van der Waals surface area (Å²) >= 11 is 0. The van der Waals surface area contributed by atoms with Crippen LogP contribution in [0.2, 0.25) is 0 Å². The number of cyclic esters (lactones) is 1. The minimum absolute atomic E-state index is 0.0227. The molecule has 5 nitrogen and oxygen atoms in total. The number of ketones is 1. The first-order valence-electron chi connectivity index (χ1n) is 10.2. The van der Waals surface area contributed by atoms with Gasteiger partial charge in [-0.3, -0.25) is 14.0 Å². The molecular weight excluding hydrogens is 363 g/mol. The molecule has 1 heterocycles. The number of hydrogen-bond donors (Lipinski definition) is 2. The number of ether oxygens (including phenoxy) is 1. The van der Waals surface area contributed by atoms with Crippen molar-refractivity contribution in [3.63, 3.8) is 0 Å². The monoisotopic (exact) mass is 398 g/mol. The van der Waals surface area contributed by atoms with Crippen LogP contribution in [0.1, 0.15) is 59.8 Å². The fourth-order valence-electron chi connectivity index (χ4n) is 3.48. The van der Waals surface area contributed by atoms with Crippen molar-refractivity contribution in [2.45, 2.75) is 78.1 Å². The molecule has 0 aliphatic carbocycles. The molecule has 28 heavy (non-hydrogen) atoms. The lowest BCUT2D eigenvalue weighted by Crippen LogP contribution is -2.37. The molecule has 0 saturated heterocycles. The van der Waals surface area contributed by atoms with E-state index in [-0.39, 0.29) is 30.5 Å². The van der Waals surface area contributed by atoms with Crippen LogP contribution in [-0.2, 0) is 14.3 Å². The Morgan fingerprint density at radius 3 is 2.50 bits per heavy atom. The molecule has 0 radical (unpaired) electrons. The summed E-state index contributed by atoms with van der Waals surface area (Å²) in [6.07, 6.45) is 3.81. The van der Waals surface area contributed by atoms with E-state index in [1.165, 1.54) is 6.08 Å². The molecular formula is C22H35FO5. The van der Waals surface area contributed by atoms with Crippen molar-refractivity contribution in [1.29, 1.82) is 0 Å². The standard InChI is InChI=1S/C22H35FO5/c1-5-17-12-15(3)19(24)9-7-14(2)6-8-18(10-11-23)28-21(26)13-20(25)16(4)22(17)27/h6-7,9,15-18,20,22,25,27H,5,8,10-13H2,1-4H3/t15-,16+,17+,18+,20-,22-/m1/s1. The summed E-state index contributed by atoms with van der Waals surface area (Å²) in [4.78, 5) is 24.6. The summed E-state index contributed by atoms with van der Waals surface area (Å²) in [7, 11) is 0. The molecule has 6 heteroatoms. The van der Waals surface area contributed by atoms with Crippen LogP contribution in [0.4, 0.5) is 4.39 Å². The third-order valence-corrected chi connectivity index (χ3v) is 5.61. The van der Waals surface area contributed by atoms with Crippen LogP contribution in [0.25, 0.3) is 0 Å². The van der Waals surface area contributed by atoms with E-state index in [1.807, 2.05) is 26.8 Å². The lowest BCUT2D eigenvalue weighted by Gasteiger charge is -2.31. The van der Waals surface area contributed by atoms with Crippen molar-refractivity contribution in [3.8, 4) is 0 Å². The fourth-order valence-corrected chi connectivity index (χ4v) is 3.48. The van der Waals surface area contributed by atoms with E-state index in [1.54, 1.807) is 13.0 Å². The summed E-state index contributed by atoms with van der Waals surface area (Å²) in [6.45, 7) is 6.66. The van der Waals surface area contributed by atoms with Gasteiger partial charge in [0.25, 0.3) is 0 Å². The normalized spacial score (nSPS) is 34.0. The number of aliphatic hydroxyl groups is 2. The van der Waals surface area contributed by atoms with Gasteiger partial charge in [-0.1, -0.05) is 44.9 Å². The Labute approximate surface area is 167 Å². The lowest BCUT2D eigenvalue weighted by molar-refractivity contribution is -0.153. The first-order chi connectivity index (χ1) is 13.2. The summed E-state index contributed by atoms with van der Waals surface area (Å²) in [5.41, 5.74) is 0.827. The number of allylic oxidation sites excluding steroid dienone is 3. The number of aliphatic hydroxyl groups excluding tert-OH is 2. The second-order valence-electron chi connectivity index (χ2n) is 7.94. The molecule has 0 spiro atoms. The smallest absolute Gasteiger partial charge is 0.308 e. The van der Waals surface area contributed by atoms with Crippen LogP contribution in [0.5, 0.6) is 0 Å². The van der Waals surface area contributed by atoms with Crippen LogP contribution in [0.3, 0.4) is 0 Å². The van der Waals surface area contributed by atoms with E-state index in [9.17, 15) is 24.2 Å². The van der Waals surface area contributed by atoms with Gasteiger partial charge in [0.2, 0.25) is 0 Å². The minimum Gasteiger partial charge on any atom is -0.462 e. The van der Waals surface area contributed by atoms with Gasteiger partial charge in [-0.2, -0.15) is 0 Å². The van der Waals surface area contributed by atoms with Crippen molar-refractivity contribution in [1.82, 2.24) is 0 Å². The maximum Gasteiger partial charge on any atom is 0.308 e. The largest absolute Gasteiger partial charge is 0.462 e. The number of rotatable bonds is 3. The third kappa shape index (κ3) is 7.84. The number of halogens is 1. The van der Waals surface area contributed by atoms with Gasteiger partial charge in [-0.15, -0.1) is 0 Å². The second kappa shape index (κ2) is 12.1. The Kier molecular flexibility index (Phi) is 10.6. The molecule has 1 aliphatic heterocycles. The van der Waals surface area contributed by atoms with Crippen molar-refractivity contribution in [2.75, 3.05) is 6.67 Å². The topological polar surface area (TPSA) is 83.8 Å². The van der Waals surface area contributed by atoms with Gasteiger partial charge in [0.05, 0.1) is 25.3 Å². The second-order valence-corrected chi connectivity index (χ2v) is 7.94. The van der Waals surface area contributed by atoms with Gasteiger partial charge in [0.15, 0.2) is 5.78 Å². The Morgan fingerprint density at radius 1 is 1.21 bits per heavy atom. The lowest BCUT2D eigenvalue weighted by atomic mass is 9.80. The Bertz CT molecular complexity index is 571. The third-order valence-electron chi connectivity index (χ3n) is 5.61. The molecule has 0 amide bonds. The van der Waals surface area contributed by atoms with Gasteiger partial charge >= 0.3 is 5.97 Å². The molecule has 1 rings (SSSR count). The molecule has 1 aliphatic rings. The maximum atomic E-state index is 12.8. The fraction of sp³-hybridized carbons (Fsp3) is 0.727. The molecule has 0 saturated carbocycles. The zero-order valence-electron chi connectivity index (χ0n) is 17.4. The number of carbonyl (C=O) groups excluding carboxylic acids is 2. The molecule has 0 bridgehead atoms. The molecule has 2 N–H and O–H groups in total. The highest BCUT2D eigenvalue weighted by Gasteiger charge is 2.32. The highest BCUT2D eigenvalue weighted by molar-refractivity contribution is 5.91. The number of hydrogen-bond acceptors (Lipinski definition) is 5.